The zero-order valence-corrected chi connectivity index (χ0v) is 7.62. The molecule has 1 spiro atoms. The molecular formula is C9H16ClN. The van der Waals surface area contributed by atoms with Crippen molar-refractivity contribution >= 4 is 12.4 Å². The minimum Gasteiger partial charge on any atom is -0.316 e. The van der Waals surface area contributed by atoms with Gasteiger partial charge < -0.3 is 5.32 Å². The summed E-state index contributed by atoms with van der Waals surface area (Å²) in [6.07, 6.45) is 6.17. The Bertz CT molecular complexity index is 147. The first-order chi connectivity index (χ1) is 4.92. The molecule has 2 atom stereocenters. The predicted molar refractivity (Wildman–Crippen MR) is 48.0 cm³/mol. The molecule has 0 aromatic heterocycles. The highest BCUT2D eigenvalue weighted by atomic mass is 35.5. The van der Waals surface area contributed by atoms with E-state index >= 15 is 0 Å². The number of hydrogen-bond acceptors (Lipinski definition) is 1. The van der Waals surface area contributed by atoms with E-state index in [9.17, 15) is 0 Å². The first kappa shape index (κ1) is 7.88. The Hall–Kier alpha value is 0.250. The van der Waals surface area contributed by atoms with Gasteiger partial charge in [0.15, 0.2) is 0 Å². The fraction of sp³-hybridized carbons (Fsp3) is 1.00. The minimum absolute atomic E-state index is 0. The van der Waals surface area contributed by atoms with Crippen LogP contribution in [0.2, 0.25) is 0 Å². The third-order valence-corrected chi connectivity index (χ3v) is 4.10. The first-order valence-electron chi connectivity index (χ1n) is 4.62. The quantitative estimate of drug-likeness (QED) is 0.590. The zero-order chi connectivity index (χ0) is 6.60. The maximum absolute atomic E-state index is 3.54. The summed E-state index contributed by atoms with van der Waals surface area (Å²) in [6.45, 7) is 2.66. The van der Waals surface area contributed by atoms with E-state index in [-0.39, 0.29) is 12.4 Å². The van der Waals surface area contributed by atoms with Crippen molar-refractivity contribution in [3.63, 3.8) is 0 Å². The molecule has 64 valence electrons. The van der Waals surface area contributed by atoms with E-state index in [0.717, 1.165) is 17.3 Å². The Morgan fingerprint density at radius 3 is 1.91 bits per heavy atom. The standard InChI is InChI=1S/C9H15N.ClH/c1-2-8-6-10-5-7(1)9(8)3-4-9;/h7-8,10H,1-6H2;1H/t7-,8+;. The molecule has 1 nitrogen and oxygen atoms in total. The van der Waals surface area contributed by atoms with Crippen molar-refractivity contribution < 1.29 is 0 Å². The second kappa shape index (κ2) is 2.37. The van der Waals surface area contributed by atoms with Crippen LogP contribution in [0.1, 0.15) is 25.7 Å². The van der Waals surface area contributed by atoms with Crippen molar-refractivity contribution in [2.45, 2.75) is 25.7 Å². The number of piperidine rings is 1. The van der Waals surface area contributed by atoms with E-state index in [1.807, 2.05) is 0 Å². The number of hydrogen-bond donors (Lipinski definition) is 1. The lowest BCUT2D eigenvalue weighted by atomic mass is 9.83. The van der Waals surface area contributed by atoms with Gasteiger partial charge >= 0.3 is 0 Å². The monoisotopic (exact) mass is 173 g/mol. The summed E-state index contributed by atoms with van der Waals surface area (Å²) in [7, 11) is 0. The van der Waals surface area contributed by atoms with Crippen molar-refractivity contribution in [1.82, 2.24) is 5.32 Å². The van der Waals surface area contributed by atoms with Gasteiger partial charge in [-0.1, -0.05) is 0 Å². The van der Waals surface area contributed by atoms with Gasteiger partial charge in [0.2, 0.25) is 0 Å². The molecule has 0 aromatic carbocycles. The SMILES string of the molecule is C1C[C@H]2CNC[C@@H]1C21CC1.Cl. The molecule has 3 fully saturated rings. The highest BCUT2D eigenvalue weighted by Crippen LogP contribution is 2.65. The summed E-state index contributed by atoms with van der Waals surface area (Å²) in [5.41, 5.74) is 0.894. The lowest BCUT2D eigenvalue weighted by molar-refractivity contribution is 0.221. The summed E-state index contributed by atoms with van der Waals surface area (Å²) in [5, 5.41) is 3.54. The van der Waals surface area contributed by atoms with Gasteiger partial charge in [0.05, 0.1) is 0 Å². The lowest BCUT2D eigenvalue weighted by Gasteiger charge is -2.30. The Morgan fingerprint density at radius 1 is 1.00 bits per heavy atom. The number of halogens is 1. The molecule has 1 N–H and O–H groups in total. The average molecular weight is 174 g/mol. The summed E-state index contributed by atoms with van der Waals surface area (Å²) in [6, 6.07) is 0. The lowest BCUT2D eigenvalue weighted by Crippen LogP contribution is -2.39. The molecule has 3 rings (SSSR count). The average Bonchev–Trinajstić information content (AvgIpc) is 2.59. The van der Waals surface area contributed by atoms with Gasteiger partial charge in [0, 0.05) is 0 Å². The fourth-order valence-electron chi connectivity index (χ4n) is 3.31. The van der Waals surface area contributed by atoms with Crippen LogP contribution >= 0.6 is 12.4 Å². The molecule has 2 aliphatic carbocycles. The van der Waals surface area contributed by atoms with Crippen molar-refractivity contribution in [3.05, 3.63) is 0 Å². The van der Waals surface area contributed by atoms with Crippen LogP contribution in [0, 0.1) is 17.3 Å². The molecule has 1 heterocycles. The molecule has 1 aliphatic heterocycles. The van der Waals surface area contributed by atoms with Crippen LogP contribution in [0.25, 0.3) is 0 Å². The van der Waals surface area contributed by atoms with Gasteiger partial charge in [0.1, 0.15) is 0 Å². The Morgan fingerprint density at radius 2 is 1.55 bits per heavy atom. The summed E-state index contributed by atoms with van der Waals surface area (Å²) in [4.78, 5) is 0. The van der Waals surface area contributed by atoms with E-state index in [1.165, 1.54) is 25.9 Å². The van der Waals surface area contributed by atoms with Gasteiger partial charge in [-0.2, -0.15) is 0 Å². The van der Waals surface area contributed by atoms with E-state index in [4.69, 9.17) is 0 Å². The molecule has 1 saturated heterocycles. The van der Waals surface area contributed by atoms with E-state index in [2.05, 4.69) is 5.32 Å². The smallest absolute Gasteiger partial charge is 0.00150 e. The summed E-state index contributed by atoms with van der Waals surface area (Å²) >= 11 is 0. The maximum atomic E-state index is 3.54. The molecule has 0 amide bonds. The van der Waals surface area contributed by atoms with Crippen molar-refractivity contribution in [2.75, 3.05) is 13.1 Å². The topological polar surface area (TPSA) is 12.0 Å². The molecular weight excluding hydrogens is 158 g/mol. The third-order valence-electron chi connectivity index (χ3n) is 4.10. The van der Waals surface area contributed by atoms with Crippen LogP contribution in [-0.2, 0) is 0 Å². The van der Waals surface area contributed by atoms with E-state index in [0.29, 0.717) is 0 Å². The zero-order valence-electron chi connectivity index (χ0n) is 6.81. The van der Waals surface area contributed by atoms with Crippen LogP contribution in [-0.4, -0.2) is 13.1 Å². The fourth-order valence-corrected chi connectivity index (χ4v) is 3.31. The van der Waals surface area contributed by atoms with Gasteiger partial charge in [-0.3, -0.25) is 0 Å². The first-order valence-corrected chi connectivity index (χ1v) is 4.62. The largest absolute Gasteiger partial charge is 0.316 e. The third kappa shape index (κ3) is 0.874. The second-order valence-electron chi connectivity index (χ2n) is 4.36. The molecule has 2 heteroatoms. The van der Waals surface area contributed by atoms with Crippen molar-refractivity contribution in [2.24, 2.45) is 17.3 Å². The van der Waals surface area contributed by atoms with Crippen LogP contribution in [0.15, 0.2) is 0 Å². The minimum atomic E-state index is 0. The van der Waals surface area contributed by atoms with Crippen LogP contribution < -0.4 is 5.32 Å². The number of nitrogens with one attached hydrogen (secondary N) is 1. The normalized spacial score (nSPS) is 43.6. The van der Waals surface area contributed by atoms with Gasteiger partial charge in [-0.25, -0.2) is 0 Å². The molecule has 2 saturated carbocycles. The highest BCUT2D eigenvalue weighted by Gasteiger charge is 2.58. The Balaban J connectivity index is 0.000000480. The predicted octanol–water partition coefficient (Wildman–Crippen LogP) is 1.82. The van der Waals surface area contributed by atoms with E-state index < -0.39 is 0 Å². The molecule has 3 aliphatic rings. The van der Waals surface area contributed by atoms with Crippen LogP contribution in [0.4, 0.5) is 0 Å². The van der Waals surface area contributed by atoms with Gasteiger partial charge in [0.25, 0.3) is 0 Å². The maximum Gasteiger partial charge on any atom is -0.00150 e. The second-order valence-corrected chi connectivity index (χ2v) is 4.36. The van der Waals surface area contributed by atoms with Gasteiger partial charge in [-0.15, -0.1) is 12.4 Å². The summed E-state index contributed by atoms with van der Waals surface area (Å²) in [5.74, 6) is 2.15. The Kier molecular flexibility index (Phi) is 1.69. The van der Waals surface area contributed by atoms with Crippen molar-refractivity contribution in [1.29, 1.82) is 0 Å². The molecule has 0 radical (unpaired) electrons. The van der Waals surface area contributed by atoms with Crippen LogP contribution in [0.3, 0.4) is 0 Å². The molecule has 11 heavy (non-hydrogen) atoms. The van der Waals surface area contributed by atoms with Gasteiger partial charge in [-0.05, 0) is 56.0 Å². The highest BCUT2D eigenvalue weighted by molar-refractivity contribution is 5.85. The molecule has 2 bridgehead atoms. The van der Waals surface area contributed by atoms with E-state index in [1.54, 1.807) is 12.8 Å². The molecule has 0 aromatic rings. The van der Waals surface area contributed by atoms with Crippen molar-refractivity contribution in [3.8, 4) is 0 Å². The number of rotatable bonds is 0. The Labute approximate surface area is 74.3 Å². The molecule has 0 unspecified atom stereocenters. The van der Waals surface area contributed by atoms with Crippen LogP contribution in [0.5, 0.6) is 0 Å². The summed E-state index contributed by atoms with van der Waals surface area (Å²) < 4.78 is 0.